The van der Waals surface area contributed by atoms with Gasteiger partial charge < -0.3 is 4.74 Å². The third kappa shape index (κ3) is 3.58. The van der Waals surface area contributed by atoms with Crippen LogP contribution in [0.5, 0.6) is 5.75 Å². The second kappa shape index (κ2) is 7.19. The van der Waals surface area contributed by atoms with Crippen LogP contribution in [0.2, 0.25) is 0 Å². The topological polar surface area (TPSA) is 67.2 Å². The van der Waals surface area contributed by atoms with E-state index in [0.29, 0.717) is 16.9 Å². The van der Waals surface area contributed by atoms with Crippen molar-refractivity contribution in [3.8, 4) is 11.8 Å². The molecule has 0 radical (unpaired) electrons. The summed E-state index contributed by atoms with van der Waals surface area (Å²) < 4.78 is 5.03. The lowest BCUT2D eigenvalue weighted by molar-refractivity contribution is 0.0882. The van der Waals surface area contributed by atoms with Crippen molar-refractivity contribution < 1.29 is 14.3 Å². The Morgan fingerprint density at radius 1 is 1.05 bits per heavy atom. The van der Waals surface area contributed by atoms with E-state index < -0.39 is 5.92 Å². The van der Waals surface area contributed by atoms with Crippen LogP contribution in [0.1, 0.15) is 27.1 Å². The summed E-state index contributed by atoms with van der Waals surface area (Å²) in [4.78, 5) is 24.5. The molecule has 0 aliphatic rings. The Kier molecular flexibility index (Phi) is 5.05. The zero-order valence-electron chi connectivity index (χ0n) is 12.2. The van der Waals surface area contributed by atoms with Gasteiger partial charge in [-0.3, -0.25) is 9.59 Å². The summed E-state index contributed by atoms with van der Waals surface area (Å²) >= 11 is 0. The maximum Gasteiger partial charge on any atom is 0.180 e. The molecule has 1 atom stereocenters. The van der Waals surface area contributed by atoms with E-state index in [1.165, 1.54) is 7.11 Å². The van der Waals surface area contributed by atoms with Crippen LogP contribution in [0, 0.1) is 17.2 Å². The third-order valence-electron chi connectivity index (χ3n) is 3.33. The highest BCUT2D eigenvalue weighted by atomic mass is 16.5. The molecule has 0 saturated heterocycles. The summed E-state index contributed by atoms with van der Waals surface area (Å²) in [5.74, 6) is -0.921. The molecule has 4 nitrogen and oxygen atoms in total. The minimum atomic E-state index is -0.985. The van der Waals surface area contributed by atoms with Crippen LogP contribution in [0.3, 0.4) is 0 Å². The molecule has 0 fully saturated rings. The molecule has 0 bridgehead atoms. The van der Waals surface area contributed by atoms with Crippen molar-refractivity contribution in [2.45, 2.75) is 6.42 Å². The average Bonchev–Trinajstić information content (AvgIpc) is 2.59. The number of benzene rings is 2. The standard InChI is InChI=1S/C18H15NO3/c1-22-16-9-7-14(8-10-16)18(21)15(12-19)11-17(20)13-5-3-2-4-6-13/h2-10,15H,11H2,1H3. The molecule has 1 unspecified atom stereocenters. The first-order chi connectivity index (χ1) is 10.7. The van der Waals surface area contributed by atoms with E-state index in [2.05, 4.69) is 0 Å². The molecule has 0 spiro atoms. The van der Waals surface area contributed by atoms with Gasteiger partial charge in [-0.15, -0.1) is 0 Å². The summed E-state index contributed by atoms with van der Waals surface area (Å²) in [7, 11) is 1.54. The molecule has 0 aromatic heterocycles. The van der Waals surface area contributed by atoms with E-state index in [1.807, 2.05) is 6.07 Å². The molecule has 2 aromatic carbocycles. The average molecular weight is 293 g/mol. The molecule has 0 saturated carbocycles. The first-order valence-corrected chi connectivity index (χ1v) is 6.82. The molecule has 0 amide bonds. The lowest BCUT2D eigenvalue weighted by Gasteiger charge is -2.08. The zero-order valence-corrected chi connectivity index (χ0v) is 12.2. The second-order valence-corrected chi connectivity index (χ2v) is 4.77. The fourth-order valence-electron chi connectivity index (χ4n) is 2.08. The van der Waals surface area contributed by atoms with Crippen molar-refractivity contribution in [1.82, 2.24) is 0 Å². The number of nitriles is 1. The monoisotopic (exact) mass is 293 g/mol. The summed E-state index contributed by atoms with van der Waals surface area (Å²) in [6.07, 6.45) is -0.120. The molecule has 0 aliphatic heterocycles. The number of hydrogen-bond acceptors (Lipinski definition) is 4. The van der Waals surface area contributed by atoms with Gasteiger partial charge in [0.05, 0.1) is 13.2 Å². The number of ketones is 2. The number of ether oxygens (including phenoxy) is 1. The Balaban J connectivity index is 2.12. The predicted molar refractivity (Wildman–Crippen MR) is 81.8 cm³/mol. The Morgan fingerprint density at radius 3 is 2.23 bits per heavy atom. The van der Waals surface area contributed by atoms with E-state index in [0.717, 1.165) is 0 Å². The first-order valence-electron chi connectivity index (χ1n) is 6.82. The molecule has 4 heteroatoms. The molecule has 0 aliphatic carbocycles. The van der Waals surface area contributed by atoms with Crippen molar-refractivity contribution >= 4 is 11.6 Å². The van der Waals surface area contributed by atoms with E-state index in [9.17, 15) is 14.9 Å². The quantitative estimate of drug-likeness (QED) is 0.766. The number of nitrogens with zero attached hydrogens (tertiary/aromatic N) is 1. The van der Waals surface area contributed by atoms with E-state index in [-0.39, 0.29) is 18.0 Å². The normalized spacial score (nSPS) is 11.3. The van der Waals surface area contributed by atoms with E-state index in [4.69, 9.17) is 4.74 Å². The number of carbonyl (C=O) groups is 2. The molecule has 110 valence electrons. The van der Waals surface area contributed by atoms with Gasteiger partial charge in [-0.25, -0.2) is 0 Å². The number of rotatable bonds is 6. The fourth-order valence-corrected chi connectivity index (χ4v) is 2.08. The fraction of sp³-hybridized carbons (Fsp3) is 0.167. The smallest absolute Gasteiger partial charge is 0.180 e. The van der Waals surface area contributed by atoms with Crippen LogP contribution < -0.4 is 4.74 Å². The lowest BCUT2D eigenvalue weighted by atomic mass is 9.92. The van der Waals surface area contributed by atoms with Crippen molar-refractivity contribution in [3.63, 3.8) is 0 Å². The van der Waals surface area contributed by atoms with Crippen LogP contribution in [0.4, 0.5) is 0 Å². The molecule has 22 heavy (non-hydrogen) atoms. The Morgan fingerprint density at radius 2 is 1.68 bits per heavy atom. The Hall–Kier alpha value is -2.93. The van der Waals surface area contributed by atoms with Gasteiger partial charge in [0, 0.05) is 17.5 Å². The van der Waals surface area contributed by atoms with Gasteiger partial charge in [-0.1, -0.05) is 30.3 Å². The highest BCUT2D eigenvalue weighted by molar-refractivity contribution is 6.04. The molecular formula is C18H15NO3. The van der Waals surface area contributed by atoms with Gasteiger partial charge in [0.1, 0.15) is 11.7 Å². The summed E-state index contributed by atoms with van der Waals surface area (Å²) in [6.45, 7) is 0. The maximum atomic E-state index is 12.3. The number of methoxy groups -OCH3 is 1. The molecule has 2 rings (SSSR count). The SMILES string of the molecule is COc1ccc(C(=O)C(C#N)CC(=O)c2ccccc2)cc1. The number of hydrogen-bond donors (Lipinski definition) is 0. The van der Waals surface area contributed by atoms with Gasteiger partial charge in [0.25, 0.3) is 0 Å². The molecule has 0 N–H and O–H groups in total. The Bertz CT molecular complexity index is 699. The van der Waals surface area contributed by atoms with Gasteiger partial charge in [-0.05, 0) is 24.3 Å². The van der Waals surface area contributed by atoms with E-state index >= 15 is 0 Å². The number of carbonyl (C=O) groups excluding carboxylic acids is 2. The summed E-state index contributed by atoms with van der Waals surface area (Å²) in [6, 6.07) is 17.1. The van der Waals surface area contributed by atoms with E-state index in [1.54, 1.807) is 54.6 Å². The van der Waals surface area contributed by atoms with Crippen LogP contribution in [-0.2, 0) is 0 Å². The van der Waals surface area contributed by atoms with Gasteiger partial charge in [-0.2, -0.15) is 5.26 Å². The molecule has 0 heterocycles. The number of Topliss-reactive ketones (excluding diaryl/α,β-unsaturated/α-hetero) is 2. The molecular weight excluding hydrogens is 278 g/mol. The van der Waals surface area contributed by atoms with Crippen LogP contribution in [0.15, 0.2) is 54.6 Å². The Labute approximate surface area is 129 Å². The zero-order chi connectivity index (χ0) is 15.9. The minimum absolute atomic E-state index is 0.120. The second-order valence-electron chi connectivity index (χ2n) is 4.77. The van der Waals surface area contributed by atoms with Crippen molar-refractivity contribution in [2.24, 2.45) is 5.92 Å². The first kappa shape index (κ1) is 15.5. The van der Waals surface area contributed by atoms with Crippen molar-refractivity contribution in [2.75, 3.05) is 7.11 Å². The summed E-state index contributed by atoms with van der Waals surface area (Å²) in [5.41, 5.74) is 0.901. The van der Waals surface area contributed by atoms with Crippen LogP contribution in [0.25, 0.3) is 0 Å². The minimum Gasteiger partial charge on any atom is -0.497 e. The van der Waals surface area contributed by atoms with Crippen molar-refractivity contribution in [3.05, 3.63) is 65.7 Å². The highest BCUT2D eigenvalue weighted by Crippen LogP contribution is 2.18. The highest BCUT2D eigenvalue weighted by Gasteiger charge is 2.23. The van der Waals surface area contributed by atoms with Crippen LogP contribution in [-0.4, -0.2) is 18.7 Å². The molecule has 2 aromatic rings. The predicted octanol–water partition coefficient (Wildman–Crippen LogP) is 3.29. The van der Waals surface area contributed by atoms with Gasteiger partial charge in [0.2, 0.25) is 0 Å². The summed E-state index contributed by atoms with van der Waals surface area (Å²) in [5, 5.41) is 9.21. The maximum absolute atomic E-state index is 12.3. The van der Waals surface area contributed by atoms with Gasteiger partial charge >= 0.3 is 0 Å². The largest absolute Gasteiger partial charge is 0.497 e. The van der Waals surface area contributed by atoms with Crippen molar-refractivity contribution in [1.29, 1.82) is 5.26 Å². The lowest BCUT2D eigenvalue weighted by Crippen LogP contribution is -2.17. The van der Waals surface area contributed by atoms with Gasteiger partial charge in [0.15, 0.2) is 11.6 Å². The van der Waals surface area contributed by atoms with Crippen LogP contribution >= 0.6 is 0 Å². The third-order valence-corrected chi connectivity index (χ3v) is 3.33.